The van der Waals surface area contributed by atoms with Crippen molar-refractivity contribution < 1.29 is 9.53 Å². The Bertz CT molecular complexity index is 1030. The van der Waals surface area contributed by atoms with Gasteiger partial charge in [0.15, 0.2) is 0 Å². The standard InChI is InChI=1S/C26H26N2O2S/c29-26(27-23-18-28-16-14-19(23)15-17-28)20-10-12-21(13-11-20)30-24-8-4-5-9-25(24)31-22-6-2-1-3-7-22/h1-13,19,23H,14-18H2,(H,27,29)/t23-/m0/s1. The third kappa shape index (κ3) is 4.78. The number of hydrogen-bond donors (Lipinski definition) is 1. The highest BCUT2D eigenvalue weighted by Gasteiger charge is 2.34. The monoisotopic (exact) mass is 430 g/mol. The van der Waals surface area contributed by atoms with E-state index in [0.717, 1.165) is 22.9 Å². The number of hydrogen-bond acceptors (Lipinski definition) is 4. The minimum Gasteiger partial charge on any atom is -0.456 e. The maximum atomic E-state index is 12.7. The van der Waals surface area contributed by atoms with E-state index in [2.05, 4.69) is 28.4 Å². The Morgan fingerprint density at radius 3 is 2.32 bits per heavy atom. The molecule has 3 aromatic rings. The number of ether oxygens (including phenoxy) is 1. The number of para-hydroxylation sites is 1. The van der Waals surface area contributed by atoms with Crippen LogP contribution in [0.1, 0.15) is 23.2 Å². The summed E-state index contributed by atoms with van der Waals surface area (Å²) < 4.78 is 6.15. The number of nitrogens with one attached hydrogen (secondary N) is 1. The molecule has 0 spiro atoms. The first-order valence-corrected chi connectivity index (χ1v) is 11.7. The molecule has 5 heteroatoms. The number of piperidine rings is 3. The number of rotatable bonds is 6. The van der Waals surface area contributed by atoms with Crippen LogP contribution in [0.4, 0.5) is 0 Å². The van der Waals surface area contributed by atoms with Gasteiger partial charge in [-0.2, -0.15) is 0 Å². The zero-order valence-corrected chi connectivity index (χ0v) is 18.2. The summed E-state index contributed by atoms with van der Waals surface area (Å²) >= 11 is 1.67. The molecule has 1 amide bonds. The van der Waals surface area contributed by atoms with Gasteiger partial charge in [-0.05, 0) is 80.4 Å². The van der Waals surface area contributed by atoms with E-state index in [1.165, 1.54) is 30.8 Å². The van der Waals surface area contributed by atoms with E-state index in [1.807, 2.05) is 60.7 Å². The zero-order valence-electron chi connectivity index (χ0n) is 17.4. The maximum absolute atomic E-state index is 12.7. The number of carbonyl (C=O) groups is 1. The molecule has 158 valence electrons. The highest BCUT2D eigenvalue weighted by molar-refractivity contribution is 7.99. The molecule has 3 fully saturated rings. The lowest BCUT2D eigenvalue weighted by Crippen LogP contribution is -2.57. The molecule has 1 atom stereocenters. The average molecular weight is 431 g/mol. The van der Waals surface area contributed by atoms with Crippen LogP contribution in [0.5, 0.6) is 11.5 Å². The van der Waals surface area contributed by atoms with Gasteiger partial charge in [0.1, 0.15) is 11.5 Å². The fourth-order valence-electron chi connectivity index (χ4n) is 4.42. The summed E-state index contributed by atoms with van der Waals surface area (Å²) in [6.45, 7) is 3.33. The van der Waals surface area contributed by atoms with E-state index in [9.17, 15) is 4.79 Å². The van der Waals surface area contributed by atoms with Gasteiger partial charge >= 0.3 is 0 Å². The summed E-state index contributed by atoms with van der Waals surface area (Å²) in [6, 6.07) is 26.0. The van der Waals surface area contributed by atoms with E-state index >= 15 is 0 Å². The van der Waals surface area contributed by atoms with Gasteiger partial charge in [0.05, 0.1) is 4.90 Å². The van der Waals surface area contributed by atoms with E-state index in [1.54, 1.807) is 11.8 Å². The van der Waals surface area contributed by atoms with Crippen molar-refractivity contribution in [3.8, 4) is 11.5 Å². The number of carbonyl (C=O) groups excluding carboxylic acids is 1. The van der Waals surface area contributed by atoms with Gasteiger partial charge in [-0.15, -0.1) is 0 Å². The predicted octanol–water partition coefficient (Wildman–Crippen LogP) is 5.45. The molecule has 3 aliphatic rings. The SMILES string of the molecule is O=C(N[C@H]1CN2CCC1CC2)c1ccc(Oc2ccccc2Sc2ccccc2)cc1. The van der Waals surface area contributed by atoms with Crippen molar-refractivity contribution in [1.82, 2.24) is 10.2 Å². The van der Waals surface area contributed by atoms with Crippen molar-refractivity contribution in [2.75, 3.05) is 19.6 Å². The molecule has 31 heavy (non-hydrogen) atoms. The fourth-order valence-corrected chi connectivity index (χ4v) is 5.32. The molecule has 3 heterocycles. The molecule has 0 aliphatic carbocycles. The van der Waals surface area contributed by atoms with Crippen molar-refractivity contribution >= 4 is 17.7 Å². The highest BCUT2D eigenvalue weighted by Crippen LogP contribution is 2.37. The summed E-state index contributed by atoms with van der Waals surface area (Å²) in [4.78, 5) is 17.4. The predicted molar refractivity (Wildman–Crippen MR) is 124 cm³/mol. The molecule has 0 saturated carbocycles. The number of amides is 1. The van der Waals surface area contributed by atoms with Crippen LogP contribution in [0.15, 0.2) is 88.7 Å². The summed E-state index contributed by atoms with van der Waals surface area (Å²) in [7, 11) is 0. The van der Waals surface area contributed by atoms with E-state index < -0.39 is 0 Å². The van der Waals surface area contributed by atoms with Gasteiger partial charge < -0.3 is 15.0 Å². The van der Waals surface area contributed by atoms with Crippen molar-refractivity contribution in [2.45, 2.75) is 28.7 Å². The fraction of sp³-hybridized carbons (Fsp3) is 0.269. The second kappa shape index (κ2) is 9.16. The van der Waals surface area contributed by atoms with E-state index in [0.29, 0.717) is 11.5 Å². The highest BCUT2D eigenvalue weighted by atomic mass is 32.2. The minimum absolute atomic E-state index is 0.00494. The third-order valence-corrected chi connectivity index (χ3v) is 7.20. The Kier molecular flexibility index (Phi) is 5.96. The quantitative estimate of drug-likeness (QED) is 0.564. The van der Waals surface area contributed by atoms with Crippen LogP contribution in [0.25, 0.3) is 0 Å². The van der Waals surface area contributed by atoms with Crippen molar-refractivity contribution in [3.63, 3.8) is 0 Å². The molecule has 4 nitrogen and oxygen atoms in total. The van der Waals surface area contributed by atoms with E-state index in [4.69, 9.17) is 4.74 Å². The Labute approximate surface area is 187 Å². The van der Waals surface area contributed by atoms with Crippen molar-refractivity contribution in [2.24, 2.45) is 5.92 Å². The summed E-state index contributed by atoms with van der Waals surface area (Å²) in [6.07, 6.45) is 2.39. The largest absolute Gasteiger partial charge is 0.456 e. The first kappa shape index (κ1) is 20.2. The number of fused-ring (bicyclic) bond motifs is 3. The maximum Gasteiger partial charge on any atom is 0.251 e. The molecule has 0 radical (unpaired) electrons. The minimum atomic E-state index is 0.00494. The lowest BCUT2D eigenvalue weighted by molar-refractivity contribution is 0.0620. The first-order valence-electron chi connectivity index (χ1n) is 10.9. The Balaban J connectivity index is 1.24. The van der Waals surface area contributed by atoms with Crippen LogP contribution < -0.4 is 10.1 Å². The zero-order chi connectivity index (χ0) is 21.0. The van der Waals surface area contributed by atoms with Gasteiger partial charge in [-0.1, -0.05) is 42.1 Å². The van der Waals surface area contributed by atoms with Gasteiger partial charge in [0.25, 0.3) is 5.91 Å². The summed E-state index contributed by atoms with van der Waals surface area (Å²) in [5, 5.41) is 3.25. The molecule has 6 rings (SSSR count). The number of nitrogens with zero attached hydrogens (tertiary/aromatic N) is 1. The van der Waals surface area contributed by atoms with Crippen molar-refractivity contribution in [3.05, 3.63) is 84.4 Å². The molecule has 3 aromatic carbocycles. The molecule has 1 N–H and O–H groups in total. The van der Waals surface area contributed by atoms with Crippen LogP contribution in [-0.4, -0.2) is 36.5 Å². The molecular weight excluding hydrogens is 404 g/mol. The lowest BCUT2D eigenvalue weighted by atomic mass is 9.84. The van der Waals surface area contributed by atoms with Crippen LogP contribution in [0.3, 0.4) is 0 Å². The van der Waals surface area contributed by atoms with Crippen molar-refractivity contribution in [1.29, 1.82) is 0 Å². The van der Waals surface area contributed by atoms with Gasteiger partial charge in [0.2, 0.25) is 0 Å². The molecule has 0 aromatic heterocycles. The Morgan fingerprint density at radius 2 is 1.61 bits per heavy atom. The first-order chi connectivity index (χ1) is 15.2. The average Bonchev–Trinajstić information content (AvgIpc) is 2.82. The second-order valence-corrected chi connectivity index (χ2v) is 9.32. The van der Waals surface area contributed by atoms with Gasteiger partial charge in [-0.25, -0.2) is 0 Å². The Hall–Kier alpha value is -2.76. The topological polar surface area (TPSA) is 41.6 Å². The van der Waals surface area contributed by atoms with Crippen LogP contribution in [-0.2, 0) is 0 Å². The normalized spacial score (nSPS) is 22.1. The smallest absolute Gasteiger partial charge is 0.251 e. The summed E-state index contributed by atoms with van der Waals surface area (Å²) in [5.74, 6) is 2.15. The second-order valence-electron chi connectivity index (χ2n) is 8.21. The molecule has 0 unspecified atom stereocenters. The number of benzene rings is 3. The van der Waals surface area contributed by atoms with Crippen LogP contribution in [0.2, 0.25) is 0 Å². The van der Waals surface area contributed by atoms with Gasteiger partial charge in [0, 0.05) is 23.0 Å². The lowest BCUT2D eigenvalue weighted by Gasteiger charge is -2.44. The molecule has 3 aliphatic heterocycles. The Morgan fingerprint density at radius 1 is 0.903 bits per heavy atom. The van der Waals surface area contributed by atoms with Crippen LogP contribution in [0, 0.1) is 5.92 Å². The molecule has 3 saturated heterocycles. The molecular formula is C26H26N2O2S. The summed E-state index contributed by atoms with van der Waals surface area (Å²) in [5.41, 5.74) is 0.677. The van der Waals surface area contributed by atoms with Crippen LogP contribution >= 0.6 is 11.8 Å². The third-order valence-electron chi connectivity index (χ3n) is 6.14. The van der Waals surface area contributed by atoms with E-state index in [-0.39, 0.29) is 11.9 Å². The van der Waals surface area contributed by atoms with Gasteiger partial charge in [-0.3, -0.25) is 4.79 Å². The molecule has 2 bridgehead atoms.